The second-order valence-electron chi connectivity index (χ2n) is 11.5. The monoisotopic (exact) mass is 557 g/mol. The molecule has 0 saturated carbocycles. The molecule has 5 heteroatoms. The second-order valence-corrected chi connectivity index (χ2v) is 14.2. The Kier molecular flexibility index (Phi) is 9.10. The summed E-state index contributed by atoms with van der Waals surface area (Å²) in [6.45, 7) is 12.8. The molecule has 0 unspecified atom stereocenters. The minimum atomic E-state index is -3.20. The first-order valence-electron chi connectivity index (χ1n) is 12.7. The summed E-state index contributed by atoms with van der Waals surface area (Å²) in [7, 11) is -3.20. The van der Waals surface area contributed by atoms with Crippen LogP contribution in [0.5, 0.6) is 5.75 Å². The van der Waals surface area contributed by atoms with Crippen molar-refractivity contribution < 1.29 is 31.4 Å². The quantitative estimate of drug-likeness (QED) is 0.158. The van der Waals surface area contributed by atoms with E-state index in [2.05, 4.69) is 47.6 Å². The van der Waals surface area contributed by atoms with Gasteiger partial charge < -0.3 is 9.67 Å². The van der Waals surface area contributed by atoms with Crippen molar-refractivity contribution in [3.63, 3.8) is 0 Å². The maximum atomic E-state index is 15.0. The van der Waals surface area contributed by atoms with Crippen LogP contribution < -0.4 is 15.9 Å². The number of nitrogens with zero attached hydrogens (tertiary/aromatic N) is 1. The van der Waals surface area contributed by atoms with Crippen molar-refractivity contribution in [2.75, 3.05) is 0 Å². The molecule has 0 amide bonds. The Bertz CT molecular complexity index is 1420. The largest absolute Gasteiger partial charge is 0.507 e. The van der Waals surface area contributed by atoms with Gasteiger partial charge in [0.15, 0.2) is 7.14 Å². The van der Waals surface area contributed by atoms with Gasteiger partial charge in [0, 0.05) is 55.0 Å². The van der Waals surface area contributed by atoms with Crippen LogP contribution in [0.3, 0.4) is 0 Å². The Morgan fingerprint density at radius 3 is 1.71 bits per heavy atom. The van der Waals surface area contributed by atoms with Crippen LogP contribution in [0.15, 0.2) is 102 Å². The first-order valence-corrected chi connectivity index (χ1v) is 14.4. The molecule has 1 N–H and O–H groups in total. The molecule has 0 atom stereocenters. The molecular weight excluding hydrogens is 521 g/mol. The summed E-state index contributed by atoms with van der Waals surface area (Å²) in [6.07, 6.45) is 1.71. The van der Waals surface area contributed by atoms with Gasteiger partial charge in [-0.15, -0.1) is 0 Å². The minimum Gasteiger partial charge on any atom is -0.507 e. The molecule has 0 saturated heterocycles. The zero-order chi connectivity index (χ0) is 26.8. The van der Waals surface area contributed by atoms with Crippen LogP contribution in [0.25, 0.3) is 0 Å². The Hall–Kier alpha value is -2.71. The summed E-state index contributed by atoms with van der Waals surface area (Å²) < 4.78 is 15.0. The number of phenols is 1. The van der Waals surface area contributed by atoms with Crippen LogP contribution in [0.2, 0.25) is 0 Å². The van der Waals surface area contributed by atoms with Crippen LogP contribution in [-0.2, 0) is 37.1 Å². The Morgan fingerprint density at radius 1 is 0.711 bits per heavy atom. The summed E-state index contributed by atoms with van der Waals surface area (Å²) in [6, 6.07) is 30.9. The van der Waals surface area contributed by atoms with Gasteiger partial charge in [0.1, 0.15) is 5.75 Å². The summed E-state index contributed by atoms with van der Waals surface area (Å²) in [5.74, 6) is 0.232. The molecule has 4 rings (SSSR count). The fourth-order valence-electron chi connectivity index (χ4n) is 4.44. The van der Waals surface area contributed by atoms with Crippen molar-refractivity contribution in [3.05, 3.63) is 114 Å². The van der Waals surface area contributed by atoms with Crippen molar-refractivity contribution in [2.45, 2.75) is 52.4 Å². The second kappa shape index (κ2) is 11.6. The van der Waals surface area contributed by atoms with Gasteiger partial charge in [-0.3, -0.25) is 4.99 Å². The Labute approximate surface area is 242 Å². The van der Waals surface area contributed by atoms with Gasteiger partial charge in [-0.05, 0) is 34.6 Å². The van der Waals surface area contributed by atoms with Gasteiger partial charge in [-0.25, -0.2) is 0 Å². The molecule has 0 radical (unpaired) electrons. The average Bonchev–Trinajstić information content (AvgIpc) is 2.87. The number of benzene rings is 4. The van der Waals surface area contributed by atoms with Crippen LogP contribution in [0.4, 0.5) is 5.69 Å². The maximum Gasteiger partial charge on any atom is 0.173 e. The van der Waals surface area contributed by atoms with Crippen molar-refractivity contribution >= 4 is 35.0 Å². The van der Waals surface area contributed by atoms with Gasteiger partial charge in [0.2, 0.25) is 0 Å². The number of para-hydroxylation sites is 1. The topological polar surface area (TPSA) is 49.7 Å². The third-order valence-electron chi connectivity index (χ3n) is 6.62. The fourth-order valence-corrected chi connectivity index (χ4v) is 7.23. The smallest absolute Gasteiger partial charge is 0.173 e. The number of aromatic hydroxyl groups is 1. The van der Waals surface area contributed by atoms with Gasteiger partial charge in [-0.2, -0.15) is 0 Å². The average molecular weight is 557 g/mol. The third kappa shape index (κ3) is 6.12. The minimum absolute atomic E-state index is 0. The molecule has 0 aliphatic carbocycles. The van der Waals surface area contributed by atoms with E-state index in [1.54, 1.807) is 6.21 Å². The van der Waals surface area contributed by atoms with E-state index in [1.165, 1.54) is 0 Å². The van der Waals surface area contributed by atoms with Crippen molar-refractivity contribution in [1.29, 1.82) is 0 Å². The first kappa shape index (κ1) is 29.8. The van der Waals surface area contributed by atoms with Gasteiger partial charge in [-0.1, -0.05) is 120 Å². The van der Waals surface area contributed by atoms with Crippen LogP contribution in [-0.4, -0.2) is 11.3 Å². The number of rotatable bonds is 5. The van der Waals surface area contributed by atoms with Crippen molar-refractivity contribution in [2.24, 2.45) is 4.99 Å². The SMILES string of the molecule is CC(C)(C)c1cc(C=Nc2ccccc2P(=O)(c2ccccc2)c2ccccc2)c(O)c(C(C)(C)C)c1.[Ti]. The summed E-state index contributed by atoms with van der Waals surface area (Å²) in [4.78, 5) is 4.84. The molecule has 0 aliphatic heterocycles. The van der Waals surface area contributed by atoms with E-state index in [0.717, 1.165) is 21.7 Å². The maximum absolute atomic E-state index is 15.0. The van der Waals surface area contributed by atoms with Crippen LogP contribution in [0.1, 0.15) is 58.2 Å². The summed E-state index contributed by atoms with van der Waals surface area (Å²) in [5, 5.41) is 13.4. The van der Waals surface area contributed by atoms with E-state index in [1.807, 2.05) is 91.0 Å². The van der Waals surface area contributed by atoms with Crippen LogP contribution >= 0.6 is 7.14 Å². The Morgan fingerprint density at radius 2 is 1.21 bits per heavy atom. The molecule has 0 fully saturated rings. The molecule has 0 aliphatic rings. The molecule has 3 nitrogen and oxygen atoms in total. The summed E-state index contributed by atoms with van der Waals surface area (Å²) in [5.41, 5.74) is 2.96. The number of hydrogen-bond acceptors (Lipinski definition) is 3. The van der Waals surface area contributed by atoms with E-state index in [0.29, 0.717) is 16.6 Å². The van der Waals surface area contributed by atoms with Crippen molar-refractivity contribution in [3.8, 4) is 5.75 Å². The van der Waals surface area contributed by atoms with E-state index < -0.39 is 7.14 Å². The summed E-state index contributed by atoms with van der Waals surface area (Å²) >= 11 is 0. The predicted molar refractivity (Wildman–Crippen MR) is 159 cm³/mol. The number of hydrogen-bond donors (Lipinski definition) is 1. The normalized spacial score (nSPS) is 12.4. The van der Waals surface area contributed by atoms with E-state index in [-0.39, 0.29) is 38.3 Å². The molecular formula is C33H36NO2PTi. The van der Waals surface area contributed by atoms with Gasteiger partial charge in [0.25, 0.3) is 0 Å². The van der Waals surface area contributed by atoms with E-state index in [9.17, 15) is 9.67 Å². The number of phenolic OH excluding ortho intramolecular Hbond substituents is 1. The van der Waals surface area contributed by atoms with Crippen LogP contribution in [0, 0.1) is 0 Å². The molecule has 4 aromatic rings. The van der Waals surface area contributed by atoms with E-state index >= 15 is 0 Å². The zero-order valence-corrected chi connectivity index (χ0v) is 25.5. The van der Waals surface area contributed by atoms with Gasteiger partial charge >= 0.3 is 0 Å². The van der Waals surface area contributed by atoms with Crippen molar-refractivity contribution in [1.82, 2.24) is 0 Å². The third-order valence-corrected chi connectivity index (χ3v) is 9.72. The fraction of sp³-hybridized carbons (Fsp3) is 0.242. The molecule has 0 spiro atoms. The molecule has 0 bridgehead atoms. The Balaban J connectivity index is 0.00000400. The molecule has 4 aromatic carbocycles. The molecule has 194 valence electrons. The standard InChI is InChI=1S/C33H36NO2P.Ti/c1-32(2,3)25-21-24(31(35)28(22-25)33(4,5)6)23-34-29-19-13-14-20-30(29)37(36,26-15-9-7-10-16-26)27-17-11-8-12-18-27;/h7-23,35H,1-6H3;. The zero-order valence-electron chi connectivity index (χ0n) is 23.1. The molecule has 0 aromatic heterocycles. The molecule has 0 heterocycles. The first-order chi connectivity index (χ1) is 17.4. The van der Waals surface area contributed by atoms with Gasteiger partial charge in [0.05, 0.1) is 5.69 Å². The molecule has 38 heavy (non-hydrogen) atoms. The number of aliphatic imine (C=N–C) groups is 1. The van der Waals surface area contributed by atoms with E-state index in [4.69, 9.17) is 4.99 Å². The predicted octanol–water partition coefficient (Wildman–Crippen LogP) is 7.37.